The van der Waals surface area contributed by atoms with Crippen LogP contribution in [0.1, 0.15) is 44.2 Å². The molecule has 0 spiro atoms. The van der Waals surface area contributed by atoms with Crippen molar-refractivity contribution >= 4 is 5.69 Å². The second-order valence-electron chi connectivity index (χ2n) is 5.89. The van der Waals surface area contributed by atoms with Crippen LogP contribution in [0.5, 0.6) is 0 Å². The van der Waals surface area contributed by atoms with Gasteiger partial charge in [0.05, 0.1) is 11.1 Å². The van der Waals surface area contributed by atoms with E-state index in [0.717, 1.165) is 31.6 Å². The zero-order valence-corrected chi connectivity index (χ0v) is 12.8. The SMILES string of the molecule is CC(C)N1CCCC(Nc2ccc(C#N)c(C#N)c2)CC1. The van der Waals surface area contributed by atoms with Crippen LogP contribution in [-0.4, -0.2) is 30.1 Å². The lowest BCUT2D eigenvalue weighted by Gasteiger charge is -2.24. The van der Waals surface area contributed by atoms with Gasteiger partial charge >= 0.3 is 0 Å². The lowest BCUT2D eigenvalue weighted by atomic mass is 10.1. The Bertz CT molecular complexity index is 565. The number of benzene rings is 1. The van der Waals surface area contributed by atoms with E-state index in [9.17, 15) is 0 Å². The summed E-state index contributed by atoms with van der Waals surface area (Å²) in [6.07, 6.45) is 3.45. The van der Waals surface area contributed by atoms with E-state index in [2.05, 4.69) is 30.1 Å². The third kappa shape index (κ3) is 3.97. The summed E-state index contributed by atoms with van der Waals surface area (Å²) in [4.78, 5) is 2.52. The molecule has 2 rings (SSSR count). The molecule has 0 amide bonds. The van der Waals surface area contributed by atoms with Crippen molar-refractivity contribution < 1.29 is 0 Å². The number of nitrogens with zero attached hydrogens (tertiary/aromatic N) is 3. The van der Waals surface area contributed by atoms with Crippen LogP contribution in [0.25, 0.3) is 0 Å². The van der Waals surface area contributed by atoms with Gasteiger partial charge in [-0.3, -0.25) is 0 Å². The minimum atomic E-state index is 0.438. The molecular weight excluding hydrogens is 260 g/mol. The summed E-state index contributed by atoms with van der Waals surface area (Å²) in [6, 6.07) is 10.6. The summed E-state index contributed by atoms with van der Waals surface area (Å²) in [5.41, 5.74) is 1.82. The van der Waals surface area contributed by atoms with Crippen LogP contribution in [0.15, 0.2) is 18.2 Å². The van der Waals surface area contributed by atoms with Crippen LogP contribution in [0.4, 0.5) is 5.69 Å². The Morgan fingerprint density at radius 3 is 2.57 bits per heavy atom. The molecule has 21 heavy (non-hydrogen) atoms. The molecule has 1 aromatic carbocycles. The summed E-state index contributed by atoms with van der Waals surface area (Å²) in [5, 5.41) is 21.6. The fourth-order valence-electron chi connectivity index (χ4n) is 2.84. The van der Waals surface area contributed by atoms with Crippen LogP contribution in [0.3, 0.4) is 0 Å². The van der Waals surface area contributed by atoms with Gasteiger partial charge in [-0.05, 0) is 57.9 Å². The maximum atomic E-state index is 9.09. The third-order valence-electron chi connectivity index (χ3n) is 4.12. The minimum absolute atomic E-state index is 0.438. The second kappa shape index (κ2) is 7.11. The number of hydrogen-bond donors (Lipinski definition) is 1. The Kier molecular flexibility index (Phi) is 5.20. The Labute approximate surface area is 127 Å². The van der Waals surface area contributed by atoms with E-state index < -0.39 is 0 Å². The van der Waals surface area contributed by atoms with E-state index in [0.29, 0.717) is 23.2 Å². The Morgan fingerprint density at radius 2 is 1.90 bits per heavy atom. The van der Waals surface area contributed by atoms with Crippen molar-refractivity contribution in [2.45, 2.75) is 45.2 Å². The lowest BCUT2D eigenvalue weighted by Crippen LogP contribution is -2.32. The molecule has 1 atom stereocenters. The molecule has 1 N–H and O–H groups in total. The number of rotatable bonds is 3. The van der Waals surface area contributed by atoms with Crippen molar-refractivity contribution in [3.63, 3.8) is 0 Å². The highest BCUT2D eigenvalue weighted by Crippen LogP contribution is 2.20. The topological polar surface area (TPSA) is 62.9 Å². The lowest BCUT2D eigenvalue weighted by molar-refractivity contribution is 0.230. The molecule has 4 nitrogen and oxygen atoms in total. The first-order valence-electron chi connectivity index (χ1n) is 7.59. The molecule has 1 aliphatic heterocycles. The van der Waals surface area contributed by atoms with Gasteiger partial charge in [-0.25, -0.2) is 0 Å². The molecule has 110 valence electrons. The number of anilines is 1. The monoisotopic (exact) mass is 282 g/mol. The summed E-state index contributed by atoms with van der Waals surface area (Å²) in [7, 11) is 0. The van der Waals surface area contributed by atoms with Gasteiger partial charge in [0.25, 0.3) is 0 Å². The first-order valence-corrected chi connectivity index (χ1v) is 7.59. The number of hydrogen-bond acceptors (Lipinski definition) is 4. The summed E-state index contributed by atoms with van der Waals surface area (Å²) in [6.45, 7) is 6.75. The van der Waals surface area contributed by atoms with Crippen LogP contribution < -0.4 is 5.32 Å². The van der Waals surface area contributed by atoms with Gasteiger partial charge in [0.2, 0.25) is 0 Å². The Balaban J connectivity index is 2.02. The van der Waals surface area contributed by atoms with Crippen molar-refractivity contribution in [1.29, 1.82) is 10.5 Å². The van der Waals surface area contributed by atoms with Gasteiger partial charge in [-0.15, -0.1) is 0 Å². The second-order valence-corrected chi connectivity index (χ2v) is 5.89. The van der Waals surface area contributed by atoms with E-state index in [1.54, 1.807) is 12.1 Å². The van der Waals surface area contributed by atoms with E-state index in [1.807, 2.05) is 12.1 Å². The maximum absolute atomic E-state index is 9.09. The predicted molar refractivity (Wildman–Crippen MR) is 83.8 cm³/mol. The normalized spacial score (nSPS) is 19.6. The Morgan fingerprint density at radius 1 is 1.14 bits per heavy atom. The molecule has 1 saturated heterocycles. The predicted octanol–water partition coefficient (Wildman–Crippen LogP) is 3.10. The molecule has 0 radical (unpaired) electrons. The zero-order chi connectivity index (χ0) is 15.2. The van der Waals surface area contributed by atoms with Gasteiger partial charge in [0.1, 0.15) is 12.1 Å². The van der Waals surface area contributed by atoms with Crippen LogP contribution in [0.2, 0.25) is 0 Å². The van der Waals surface area contributed by atoms with Gasteiger partial charge in [-0.1, -0.05) is 0 Å². The molecule has 1 unspecified atom stereocenters. The maximum Gasteiger partial charge on any atom is 0.101 e. The van der Waals surface area contributed by atoms with Crippen molar-refractivity contribution in [3.05, 3.63) is 29.3 Å². The van der Waals surface area contributed by atoms with Crippen molar-refractivity contribution in [1.82, 2.24) is 4.90 Å². The Hall–Kier alpha value is -2.04. The van der Waals surface area contributed by atoms with Crippen molar-refractivity contribution in [2.24, 2.45) is 0 Å². The van der Waals surface area contributed by atoms with Gasteiger partial charge in [0, 0.05) is 24.3 Å². The smallest absolute Gasteiger partial charge is 0.101 e. The number of likely N-dealkylation sites (tertiary alicyclic amines) is 1. The van der Waals surface area contributed by atoms with E-state index in [1.165, 1.54) is 6.42 Å². The molecule has 1 aliphatic rings. The fourth-order valence-corrected chi connectivity index (χ4v) is 2.84. The molecule has 0 saturated carbocycles. The molecule has 1 fully saturated rings. The first kappa shape index (κ1) is 15.4. The number of nitrogens with one attached hydrogen (secondary N) is 1. The average molecular weight is 282 g/mol. The molecular formula is C17H22N4. The molecule has 0 bridgehead atoms. The highest BCUT2D eigenvalue weighted by molar-refractivity contribution is 5.56. The number of nitriles is 2. The zero-order valence-electron chi connectivity index (χ0n) is 12.8. The third-order valence-corrected chi connectivity index (χ3v) is 4.12. The molecule has 0 aromatic heterocycles. The van der Waals surface area contributed by atoms with Crippen LogP contribution >= 0.6 is 0 Å². The van der Waals surface area contributed by atoms with Crippen LogP contribution in [-0.2, 0) is 0 Å². The van der Waals surface area contributed by atoms with E-state index in [4.69, 9.17) is 10.5 Å². The summed E-state index contributed by atoms with van der Waals surface area (Å²) >= 11 is 0. The first-order chi connectivity index (χ1) is 10.1. The van der Waals surface area contributed by atoms with Crippen molar-refractivity contribution in [3.8, 4) is 12.1 Å². The average Bonchev–Trinajstić information content (AvgIpc) is 2.72. The van der Waals surface area contributed by atoms with Crippen molar-refractivity contribution in [2.75, 3.05) is 18.4 Å². The van der Waals surface area contributed by atoms with Gasteiger partial charge in [0.15, 0.2) is 0 Å². The largest absolute Gasteiger partial charge is 0.382 e. The highest BCUT2D eigenvalue weighted by Gasteiger charge is 2.18. The van der Waals surface area contributed by atoms with Crippen LogP contribution in [0, 0.1) is 22.7 Å². The fraction of sp³-hybridized carbons (Fsp3) is 0.529. The van der Waals surface area contributed by atoms with Gasteiger partial charge < -0.3 is 10.2 Å². The quantitative estimate of drug-likeness (QED) is 0.925. The molecule has 1 aromatic rings. The van der Waals surface area contributed by atoms with E-state index >= 15 is 0 Å². The van der Waals surface area contributed by atoms with E-state index in [-0.39, 0.29) is 0 Å². The standard InChI is InChI=1S/C17H22N4/c1-13(2)21-8-3-4-16(7-9-21)20-17-6-5-14(11-18)15(10-17)12-19/h5-6,10,13,16,20H,3-4,7-9H2,1-2H3. The molecule has 4 heteroatoms. The van der Waals surface area contributed by atoms with Gasteiger partial charge in [-0.2, -0.15) is 10.5 Å². The molecule has 1 heterocycles. The molecule has 0 aliphatic carbocycles. The summed E-state index contributed by atoms with van der Waals surface area (Å²) < 4.78 is 0. The highest BCUT2D eigenvalue weighted by atomic mass is 15.1. The summed E-state index contributed by atoms with van der Waals surface area (Å²) in [5.74, 6) is 0. The minimum Gasteiger partial charge on any atom is -0.382 e.